The molecule has 2 N–H and O–H groups in total. The summed E-state index contributed by atoms with van der Waals surface area (Å²) in [5.74, 6) is -143. The molecular weight excluding hydrogens is 1180 g/mol. The van der Waals surface area contributed by atoms with Gasteiger partial charge in [0.2, 0.25) is 0 Å². The molecule has 0 saturated heterocycles. The van der Waals surface area contributed by atoms with Gasteiger partial charge < -0.3 is 10.2 Å². The van der Waals surface area contributed by atoms with E-state index in [0.717, 1.165) is 0 Å². The zero-order valence-electron chi connectivity index (χ0n) is 32.4. The minimum atomic E-state index is -9.45. The number of halogens is 38. The van der Waals surface area contributed by atoms with E-state index >= 15 is 0 Å². The molecule has 0 aromatic heterocycles. The van der Waals surface area contributed by atoms with Crippen molar-refractivity contribution < 1.29 is 195 Å². The van der Waals surface area contributed by atoms with E-state index in [2.05, 4.69) is 13.7 Å². The maximum Gasteiger partial charge on any atom is 0.491 e. The minimum absolute atomic E-state index is 0.468. The van der Waals surface area contributed by atoms with Gasteiger partial charge in [0.1, 0.15) is 0 Å². The fourth-order valence-corrected chi connectivity index (χ4v) is 5.56. The molecule has 0 bridgehead atoms. The Kier molecular flexibility index (Phi) is 19.0. The van der Waals surface area contributed by atoms with Crippen molar-refractivity contribution in [1.82, 2.24) is 5.06 Å². The van der Waals surface area contributed by atoms with Crippen LogP contribution in [0.5, 0.6) is 0 Å². The largest absolute Gasteiger partial charge is 0.491 e. The van der Waals surface area contributed by atoms with E-state index in [1.54, 1.807) is 0 Å². The summed E-state index contributed by atoms with van der Waals surface area (Å²) in [6.07, 6.45) is -24.3. The van der Waals surface area contributed by atoms with Crippen LogP contribution in [0.1, 0.15) is 12.8 Å². The van der Waals surface area contributed by atoms with Crippen LogP contribution in [0.25, 0.3) is 0 Å². The summed E-state index contributed by atoms with van der Waals surface area (Å²) in [6.45, 7) is -12.4. The van der Waals surface area contributed by atoms with E-state index in [1.165, 1.54) is 0 Å². The standard InChI is InChI=1S/C26H18F38NO6P/c27-9(28,11(31,32)13(35,36)15(39,40)17(43,44)19(47,48)21(51,52)23(55,56)25(59,60)61)1-7-69-72(68,71-65(3-5-66)4-6-67)70-8-2-10(29,30)12(33,34)14(37,38)16(41,42)18(45,46)20(49,50)22(53,54)24(57,58)26(62,63)64/h66-67H,1-8H2. The minimum Gasteiger partial charge on any atom is -0.395 e. The van der Waals surface area contributed by atoms with Crippen molar-refractivity contribution in [3.05, 3.63) is 0 Å². The molecule has 0 aromatic rings. The van der Waals surface area contributed by atoms with Crippen molar-refractivity contribution in [2.75, 3.05) is 39.5 Å². The van der Waals surface area contributed by atoms with Gasteiger partial charge >= 0.3 is 115 Å². The van der Waals surface area contributed by atoms with E-state index in [9.17, 15) is 171 Å². The molecule has 0 heterocycles. The number of rotatable bonds is 28. The van der Waals surface area contributed by atoms with Crippen LogP contribution in [0, 0.1) is 0 Å². The summed E-state index contributed by atoms with van der Waals surface area (Å²) < 4.78 is 540. The van der Waals surface area contributed by atoms with Gasteiger partial charge in [-0.1, -0.05) is 0 Å². The van der Waals surface area contributed by atoms with Crippen LogP contribution >= 0.6 is 7.82 Å². The van der Waals surface area contributed by atoms with Crippen LogP contribution in [-0.4, -0.2) is 162 Å². The number of phosphoric ester groups is 1. The molecule has 0 aliphatic heterocycles. The van der Waals surface area contributed by atoms with Crippen molar-refractivity contribution in [3.63, 3.8) is 0 Å². The maximum atomic E-state index is 14.4. The fraction of sp³-hybridized carbons (Fsp3) is 1.00. The molecule has 0 saturated carbocycles. The summed E-state index contributed by atoms with van der Waals surface area (Å²) in [5.41, 5.74) is 0. The average Bonchev–Trinajstić information content (AvgIpc) is 3.15. The van der Waals surface area contributed by atoms with Gasteiger partial charge in [-0.3, -0.25) is 9.05 Å². The van der Waals surface area contributed by atoms with E-state index in [1.807, 2.05) is 0 Å². The molecule has 0 unspecified atom stereocenters. The number of hydroxylamine groups is 2. The molecule has 72 heavy (non-hydrogen) atoms. The molecule has 0 amide bonds. The van der Waals surface area contributed by atoms with Gasteiger partial charge in [-0.05, 0) is 0 Å². The summed E-state index contributed by atoms with van der Waals surface area (Å²) in [7, 11) is -7.01. The molecule has 7 nitrogen and oxygen atoms in total. The van der Waals surface area contributed by atoms with Crippen LogP contribution in [0.4, 0.5) is 167 Å². The van der Waals surface area contributed by atoms with Crippen molar-refractivity contribution in [2.24, 2.45) is 0 Å². The van der Waals surface area contributed by atoms with Crippen LogP contribution in [-0.2, 0) is 18.2 Å². The Bertz CT molecular complexity index is 1750. The molecule has 0 fully saturated rings. The topological polar surface area (TPSA) is 88.5 Å². The van der Waals surface area contributed by atoms with Crippen molar-refractivity contribution in [3.8, 4) is 0 Å². The van der Waals surface area contributed by atoms with Crippen molar-refractivity contribution in [2.45, 2.75) is 120 Å². The lowest BCUT2D eigenvalue weighted by molar-refractivity contribution is -0.468. The number of hydrogen-bond acceptors (Lipinski definition) is 7. The average molecular weight is 1190 g/mol. The van der Waals surface area contributed by atoms with Crippen LogP contribution in [0.3, 0.4) is 0 Å². The molecular formula is C26H18F38NO6P. The monoisotopic (exact) mass is 1190 g/mol. The van der Waals surface area contributed by atoms with E-state index < -0.39 is 172 Å². The number of nitrogens with zero attached hydrogens (tertiary/aromatic N) is 1. The first-order valence-electron chi connectivity index (χ1n) is 16.6. The first kappa shape index (κ1) is 69.3. The van der Waals surface area contributed by atoms with Gasteiger partial charge in [-0.2, -0.15) is 177 Å². The third-order valence-electron chi connectivity index (χ3n) is 8.61. The zero-order valence-corrected chi connectivity index (χ0v) is 33.3. The second-order valence-corrected chi connectivity index (χ2v) is 15.1. The maximum absolute atomic E-state index is 14.4. The fourth-order valence-electron chi connectivity index (χ4n) is 4.31. The number of phosphoric acid groups is 1. The highest BCUT2D eigenvalue weighted by Crippen LogP contribution is 2.68. The van der Waals surface area contributed by atoms with Gasteiger partial charge in [0.15, 0.2) is 0 Å². The molecule has 0 atom stereocenters. The molecule has 0 radical (unpaired) electrons. The third kappa shape index (κ3) is 10.5. The van der Waals surface area contributed by atoms with Gasteiger partial charge in [0, 0.05) is 25.9 Å². The van der Waals surface area contributed by atoms with Gasteiger partial charge in [0.05, 0.1) is 26.4 Å². The van der Waals surface area contributed by atoms with Gasteiger partial charge in [-0.15, -0.1) is 0 Å². The smallest absolute Gasteiger partial charge is 0.395 e. The molecule has 0 aliphatic rings. The quantitative estimate of drug-likeness (QED) is 0.0458. The summed E-state index contributed by atoms with van der Waals surface area (Å²) in [5, 5.41) is 17.3. The third-order valence-corrected chi connectivity index (χ3v) is 10.0. The number of hydrogen-bond donors (Lipinski definition) is 2. The second kappa shape index (κ2) is 19.7. The lowest BCUT2D eigenvalue weighted by Crippen LogP contribution is -2.75. The Hall–Kier alpha value is -2.67. The van der Waals surface area contributed by atoms with Crippen LogP contribution < -0.4 is 0 Å². The highest BCUT2D eigenvalue weighted by molar-refractivity contribution is 7.48. The summed E-state index contributed by atoms with van der Waals surface area (Å²) >= 11 is 0. The van der Waals surface area contributed by atoms with Gasteiger partial charge in [0.25, 0.3) is 0 Å². The molecule has 0 rings (SSSR count). The molecule has 434 valence electrons. The number of aliphatic hydroxyl groups excluding tert-OH is 2. The number of alkyl halides is 38. The Morgan fingerprint density at radius 3 is 0.667 bits per heavy atom. The van der Waals surface area contributed by atoms with Crippen molar-refractivity contribution >= 4 is 7.82 Å². The predicted octanol–water partition coefficient (Wildman–Crippen LogP) is 12.4. The Morgan fingerprint density at radius 2 is 0.486 bits per heavy atom. The summed E-state index contributed by atoms with van der Waals surface area (Å²) in [6, 6.07) is 0. The molecule has 0 spiro atoms. The second-order valence-electron chi connectivity index (χ2n) is 13.5. The Morgan fingerprint density at radius 1 is 0.306 bits per heavy atom. The predicted molar refractivity (Wildman–Crippen MR) is 147 cm³/mol. The Balaban J connectivity index is 7.12. The number of aliphatic hydroxyl groups is 2. The lowest BCUT2D eigenvalue weighted by atomic mass is 9.87. The normalized spacial score (nSPS) is 16.6. The highest BCUT2D eigenvalue weighted by Gasteiger charge is 2.98. The molecule has 0 aromatic carbocycles. The molecule has 0 aliphatic carbocycles. The first-order valence-corrected chi connectivity index (χ1v) is 18.1. The van der Waals surface area contributed by atoms with E-state index in [4.69, 9.17) is 10.2 Å². The first-order chi connectivity index (χ1) is 30.9. The highest BCUT2D eigenvalue weighted by atomic mass is 31.2. The van der Waals surface area contributed by atoms with Crippen molar-refractivity contribution in [1.29, 1.82) is 0 Å². The SMILES string of the molecule is O=P(OCCC(F)(F)C(F)(F)C(F)(F)C(F)(F)C(F)(F)C(F)(F)C(F)(F)C(F)(F)C(F)(F)F)(OCCC(F)(F)C(F)(F)C(F)(F)C(F)(F)C(F)(F)C(F)(F)C(F)(F)C(F)(F)C(F)(F)F)ON(CCO)CCO. The summed E-state index contributed by atoms with van der Waals surface area (Å²) in [4.78, 5) is 0. The lowest BCUT2D eigenvalue weighted by Gasteiger charge is -2.43. The zero-order chi connectivity index (χ0) is 58.9. The van der Waals surface area contributed by atoms with Crippen LogP contribution in [0.15, 0.2) is 0 Å². The Labute approximate surface area is 368 Å². The van der Waals surface area contributed by atoms with E-state index in [0.29, 0.717) is 0 Å². The van der Waals surface area contributed by atoms with E-state index in [-0.39, 0.29) is 0 Å². The molecule has 46 heteroatoms. The van der Waals surface area contributed by atoms with Gasteiger partial charge in [-0.25, -0.2) is 4.57 Å². The van der Waals surface area contributed by atoms with Crippen LogP contribution in [0.2, 0.25) is 0 Å².